The van der Waals surface area contributed by atoms with Crippen LogP contribution in [0, 0.1) is 0 Å². The predicted octanol–water partition coefficient (Wildman–Crippen LogP) is 0.0196. The van der Waals surface area contributed by atoms with Gasteiger partial charge in [-0.15, -0.1) is 0 Å². The van der Waals surface area contributed by atoms with E-state index in [2.05, 4.69) is 0 Å². The maximum atomic E-state index is 11.5. The average Bonchev–Trinajstić information content (AvgIpc) is 2.28. The fourth-order valence-corrected chi connectivity index (χ4v) is 1.43. The van der Waals surface area contributed by atoms with Crippen molar-refractivity contribution in [1.82, 2.24) is 4.90 Å². The van der Waals surface area contributed by atoms with Crippen molar-refractivity contribution < 1.29 is 14.6 Å². The number of likely N-dealkylation sites (tertiary alicyclic amines) is 1. The zero-order valence-corrected chi connectivity index (χ0v) is 9.28. The molecule has 1 aliphatic rings. The van der Waals surface area contributed by atoms with Gasteiger partial charge in [-0.05, 0) is 26.6 Å². The first kappa shape index (κ1) is 11.4. The van der Waals surface area contributed by atoms with E-state index in [0.29, 0.717) is 13.1 Å². The van der Waals surface area contributed by atoms with Gasteiger partial charge in [0.1, 0.15) is 13.4 Å². The van der Waals surface area contributed by atoms with Crippen molar-refractivity contribution >= 4 is 13.9 Å². The number of aliphatic hydroxyl groups excluding tert-OH is 1. The van der Waals surface area contributed by atoms with Gasteiger partial charge in [-0.1, -0.05) is 0 Å². The molecular weight excluding hydrogens is 181 g/mol. The molecule has 2 atom stereocenters. The minimum atomic E-state index is -0.464. The molecule has 0 aromatic heterocycles. The van der Waals surface area contributed by atoms with Crippen molar-refractivity contribution in [2.45, 2.75) is 38.3 Å². The van der Waals surface area contributed by atoms with Gasteiger partial charge < -0.3 is 14.7 Å². The SMILES string of the molecule is B[C@H]1CN(C(=O)OC(C)(C)C)C[C@@H]1O. The molecule has 1 aliphatic heterocycles. The number of ether oxygens (including phenoxy) is 1. The Morgan fingerprint density at radius 1 is 1.50 bits per heavy atom. The molecule has 0 aromatic rings. The number of β-amino-alcohol motifs (C(OH)–C–C–N with tert-alkyl or cyclic N) is 1. The van der Waals surface area contributed by atoms with Crippen LogP contribution in [0.2, 0.25) is 5.82 Å². The molecule has 5 heteroatoms. The molecule has 0 aromatic carbocycles. The summed E-state index contributed by atoms with van der Waals surface area (Å²) < 4.78 is 5.19. The molecule has 1 saturated heterocycles. The first-order valence-electron chi connectivity index (χ1n) is 4.95. The number of hydrogen-bond acceptors (Lipinski definition) is 3. The van der Waals surface area contributed by atoms with E-state index in [9.17, 15) is 9.90 Å². The summed E-state index contributed by atoms with van der Waals surface area (Å²) in [6, 6.07) is 0. The third-order valence-electron chi connectivity index (χ3n) is 2.22. The largest absolute Gasteiger partial charge is 0.444 e. The minimum Gasteiger partial charge on any atom is -0.444 e. The van der Waals surface area contributed by atoms with E-state index in [0.717, 1.165) is 0 Å². The Balaban J connectivity index is 2.48. The zero-order valence-electron chi connectivity index (χ0n) is 9.28. The van der Waals surface area contributed by atoms with Crippen molar-refractivity contribution in [2.24, 2.45) is 0 Å². The molecule has 80 valence electrons. The van der Waals surface area contributed by atoms with Crippen molar-refractivity contribution in [3.63, 3.8) is 0 Å². The minimum absolute atomic E-state index is 0.141. The van der Waals surface area contributed by atoms with Gasteiger partial charge in [0.15, 0.2) is 0 Å². The van der Waals surface area contributed by atoms with Crippen LogP contribution in [0.4, 0.5) is 4.79 Å². The van der Waals surface area contributed by atoms with Gasteiger partial charge in [-0.3, -0.25) is 0 Å². The van der Waals surface area contributed by atoms with Crippen LogP contribution >= 0.6 is 0 Å². The lowest BCUT2D eigenvalue weighted by atomic mass is 9.85. The molecule has 0 radical (unpaired) electrons. The summed E-state index contributed by atoms with van der Waals surface area (Å²) in [6.07, 6.45) is -0.747. The van der Waals surface area contributed by atoms with Crippen LogP contribution in [0.15, 0.2) is 0 Å². The standard InChI is InChI=1S/C9H18BNO3/c1-9(2,3)14-8(13)11-4-6(10)7(12)5-11/h6-7,12H,4-5,10H2,1-3H3/t6-,7-/m0/s1. The van der Waals surface area contributed by atoms with E-state index in [4.69, 9.17) is 4.74 Å². The summed E-state index contributed by atoms with van der Waals surface area (Å²) in [6.45, 7) is 6.47. The van der Waals surface area contributed by atoms with Gasteiger partial charge >= 0.3 is 6.09 Å². The van der Waals surface area contributed by atoms with Gasteiger partial charge in [0.05, 0.1) is 6.10 Å². The summed E-state index contributed by atoms with van der Waals surface area (Å²) in [5.41, 5.74) is -0.464. The van der Waals surface area contributed by atoms with Gasteiger partial charge in [-0.25, -0.2) is 4.79 Å². The topological polar surface area (TPSA) is 49.8 Å². The second-order valence-electron chi connectivity index (χ2n) is 4.93. The van der Waals surface area contributed by atoms with Crippen molar-refractivity contribution in [2.75, 3.05) is 13.1 Å². The van der Waals surface area contributed by atoms with E-state index < -0.39 is 11.7 Å². The average molecular weight is 199 g/mol. The quantitative estimate of drug-likeness (QED) is 0.559. The molecule has 1 rings (SSSR count). The van der Waals surface area contributed by atoms with E-state index in [-0.39, 0.29) is 11.9 Å². The third kappa shape index (κ3) is 2.91. The Morgan fingerprint density at radius 3 is 2.43 bits per heavy atom. The molecule has 0 spiro atoms. The highest BCUT2D eigenvalue weighted by atomic mass is 16.6. The molecule has 1 fully saturated rings. The number of nitrogens with zero attached hydrogens (tertiary/aromatic N) is 1. The van der Waals surface area contributed by atoms with E-state index >= 15 is 0 Å². The van der Waals surface area contributed by atoms with E-state index in [1.165, 1.54) is 0 Å². The third-order valence-corrected chi connectivity index (χ3v) is 2.22. The lowest BCUT2D eigenvalue weighted by molar-refractivity contribution is 0.0270. The second-order valence-corrected chi connectivity index (χ2v) is 4.93. The summed E-state index contributed by atoms with van der Waals surface area (Å²) in [5, 5.41) is 9.47. The first-order valence-corrected chi connectivity index (χ1v) is 4.95. The molecule has 1 amide bonds. The highest BCUT2D eigenvalue weighted by Gasteiger charge is 2.33. The normalized spacial score (nSPS) is 27.9. The van der Waals surface area contributed by atoms with Crippen LogP contribution in [0.3, 0.4) is 0 Å². The van der Waals surface area contributed by atoms with Crippen LogP contribution in [0.1, 0.15) is 20.8 Å². The maximum Gasteiger partial charge on any atom is 0.410 e. The van der Waals surface area contributed by atoms with Crippen LogP contribution in [0.25, 0.3) is 0 Å². The fraction of sp³-hybridized carbons (Fsp3) is 0.889. The number of aliphatic hydroxyl groups is 1. The van der Waals surface area contributed by atoms with E-state index in [1.807, 2.05) is 28.6 Å². The van der Waals surface area contributed by atoms with Crippen LogP contribution in [-0.2, 0) is 4.74 Å². The van der Waals surface area contributed by atoms with Gasteiger partial charge in [0.2, 0.25) is 0 Å². The summed E-state index contributed by atoms with van der Waals surface area (Å²) >= 11 is 0. The molecule has 1 heterocycles. The summed E-state index contributed by atoms with van der Waals surface area (Å²) in [7, 11) is 1.93. The molecule has 0 unspecified atom stereocenters. The monoisotopic (exact) mass is 199 g/mol. The lowest BCUT2D eigenvalue weighted by Crippen LogP contribution is -2.35. The van der Waals surface area contributed by atoms with Crippen LogP contribution in [0.5, 0.6) is 0 Å². The fourth-order valence-electron chi connectivity index (χ4n) is 1.43. The van der Waals surface area contributed by atoms with E-state index in [1.54, 1.807) is 4.90 Å². The van der Waals surface area contributed by atoms with Crippen LogP contribution in [-0.4, -0.2) is 48.7 Å². The van der Waals surface area contributed by atoms with Crippen molar-refractivity contribution in [3.8, 4) is 0 Å². The van der Waals surface area contributed by atoms with Gasteiger partial charge in [-0.2, -0.15) is 0 Å². The smallest absolute Gasteiger partial charge is 0.410 e. The molecule has 14 heavy (non-hydrogen) atoms. The van der Waals surface area contributed by atoms with Gasteiger partial charge in [0.25, 0.3) is 0 Å². The lowest BCUT2D eigenvalue weighted by Gasteiger charge is -2.24. The number of carbonyl (C=O) groups excluding carboxylic acids is 1. The predicted molar refractivity (Wildman–Crippen MR) is 56.1 cm³/mol. The number of rotatable bonds is 0. The Labute approximate surface area is 85.6 Å². The second kappa shape index (κ2) is 3.81. The highest BCUT2D eigenvalue weighted by molar-refractivity contribution is 6.12. The van der Waals surface area contributed by atoms with Gasteiger partial charge in [0, 0.05) is 13.1 Å². The molecule has 4 nitrogen and oxygen atoms in total. The zero-order chi connectivity index (χ0) is 10.9. The summed E-state index contributed by atoms with van der Waals surface area (Å²) in [4.78, 5) is 13.1. The summed E-state index contributed by atoms with van der Waals surface area (Å²) in [5.74, 6) is 0.141. The molecular formula is C9H18BNO3. The van der Waals surface area contributed by atoms with Crippen molar-refractivity contribution in [3.05, 3.63) is 0 Å². The van der Waals surface area contributed by atoms with Crippen LogP contribution < -0.4 is 0 Å². The Morgan fingerprint density at radius 2 is 2.07 bits per heavy atom. The molecule has 0 aliphatic carbocycles. The molecule has 1 N–H and O–H groups in total. The number of amides is 1. The Bertz CT molecular complexity index is 217. The molecule has 0 bridgehead atoms. The Kier molecular flexibility index (Phi) is 3.09. The first-order chi connectivity index (χ1) is 6.29. The number of hydrogen-bond donors (Lipinski definition) is 1. The maximum absolute atomic E-state index is 11.5. The molecule has 0 saturated carbocycles. The highest BCUT2D eigenvalue weighted by Crippen LogP contribution is 2.21. The Hall–Kier alpha value is -0.705. The number of carbonyl (C=O) groups is 1. The van der Waals surface area contributed by atoms with Crippen molar-refractivity contribution in [1.29, 1.82) is 0 Å².